The van der Waals surface area contributed by atoms with Crippen LogP contribution in [0.5, 0.6) is 0 Å². The van der Waals surface area contributed by atoms with Crippen molar-refractivity contribution in [3.8, 4) is 0 Å². The molecule has 0 aliphatic carbocycles. The summed E-state index contributed by atoms with van der Waals surface area (Å²) in [5.74, 6) is -0.0750. The average molecular weight is 428 g/mol. The predicted octanol–water partition coefficient (Wildman–Crippen LogP) is 5.85. The molecule has 7 heteroatoms. The number of carbonyl (C=O) groups is 2. The zero-order valence-corrected chi connectivity index (χ0v) is 18.5. The van der Waals surface area contributed by atoms with Gasteiger partial charge in [0.25, 0.3) is 0 Å². The van der Waals surface area contributed by atoms with Crippen molar-refractivity contribution >= 4 is 55.9 Å². The Morgan fingerprint density at radius 2 is 2.00 bits per heavy atom. The fourth-order valence-electron chi connectivity index (χ4n) is 2.76. The molecule has 2 amide bonds. The van der Waals surface area contributed by atoms with Gasteiger partial charge in [-0.2, -0.15) is 0 Å². The molecule has 0 spiro atoms. The number of thioether (sulfide) groups is 1. The lowest BCUT2D eigenvalue weighted by Gasteiger charge is -2.12. The Morgan fingerprint density at radius 1 is 1.17 bits per heavy atom. The fraction of sp³-hybridized carbons (Fsp3) is 0.318. The van der Waals surface area contributed by atoms with Crippen molar-refractivity contribution in [1.82, 2.24) is 4.98 Å². The van der Waals surface area contributed by atoms with Crippen LogP contribution in [0.3, 0.4) is 0 Å². The highest BCUT2D eigenvalue weighted by Crippen LogP contribution is 2.29. The van der Waals surface area contributed by atoms with Gasteiger partial charge in [-0.25, -0.2) is 4.98 Å². The highest BCUT2D eigenvalue weighted by molar-refractivity contribution is 8.00. The van der Waals surface area contributed by atoms with Gasteiger partial charge in [0.15, 0.2) is 5.13 Å². The van der Waals surface area contributed by atoms with Crippen molar-refractivity contribution < 1.29 is 9.59 Å². The summed E-state index contributed by atoms with van der Waals surface area (Å²) >= 11 is 2.93. The monoisotopic (exact) mass is 427 g/mol. The van der Waals surface area contributed by atoms with Crippen LogP contribution in [0.1, 0.15) is 38.7 Å². The Hall–Kier alpha value is -2.38. The van der Waals surface area contributed by atoms with Crippen LogP contribution in [-0.2, 0) is 9.59 Å². The Bertz CT molecular complexity index is 1020. The summed E-state index contributed by atoms with van der Waals surface area (Å²) in [6, 6.07) is 13.6. The van der Waals surface area contributed by atoms with E-state index in [4.69, 9.17) is 0 Å². The third-order valence-corrected chi connectivity index (χ3v) is 6.36. The van der Waals surface area contributed by atoms with Crippen molar-refractivity contribution in [2.24, 2.45) is 0 Å². The maximum atomic E-state index is 12.6. The molecule has 1 atom stereocenters. The summed E-state index contributed by atoms with van der Waals surface area (Å²) in [6.45, 7) is 5.97. The van der Waals surface area contributed by atoms with Gasteiger partial charge in [0.1, 0.15) is 0 Å². The first-order chi connectivity index (χ1) is 13.9. The lowest BCUT2D eigenvalue weighted by atomic mass is 10.2. The molecule has 3 aromatic rings. The van der Waals surface area contributed by atoms with E-state index in [1.165, 1.54) is 28.7 Å². The summed E-state index contributed by atoms with van der Waals surface area (Å²) in [5.41, 5.74) is 2.82. The molecule has 29 heavy (non-hydrogen) atoms. The number of hydrogen-bond acceptors (Lipinski definition) is 5. The molecule has 1 heterocycles. The molecular weight excluding hydrogens is 402 g/mol. The topological polar surface area (TPSA) is 71.1 Å². The van der Waals surface area contributed by atoms with Crippen LogP contribution < -0.4 is 10.6 Å². The van der Waals surface area contributed by atoms with E-state index in [1.807, 2.05) is 50.2 Å². The Kier molecular flexibility index (Phi) is 7.28. The van der Waals surface area contributed by atoms with Gasteiger partial charge < -0.3 is 10.6 Å². The number of anilines is 2. The van der Waals surface area contributed by atoms with Gasteiger partial charge in [-0.15, -0.1) is 11.8 Å². The normalized spacial score (nSPS) is 12.0. The molecule has 2 aromatic carbocycles. The molecule has 0 aliphatic rings. The molecule has 0 radical (unpaired) electrons. The van der Waals surface area contributed by atoms with E-state index in [9.17, 15) is 9.59 Å². The van der Waals surface area contributed by atoms with E-state index in [1.54, 1.807) is 0 Å². The standard InChI is InChI=1S/C22H25N3O2S2/c1-4-5-9-20(26)23-16-7-6-8-17(13-16)28-15(3)21(27)25-22-24-18-11-10-14(2)12-19(18)29-22/h6-8,10-13,15H,4-5,9H2,1-3H3,(H,23,26)(H,24,25,27). The van der Waals surface area contributed by atoms with Crippen molar-refractivity contribution in [3.63, 3.8) is 0 Å². The molecule has 0 aliphatic heterocycles. The molecule has 1 aromatic heterocycles. The summed E-state index contributed by atoms with van der Waals surface area (Å²) in [5, 5.41) is 6.15. The maximum Gasteiger partial charge on any atom is 0.239 e. The van der Waals surface area contributed by atoms with Gasteiger partial charge >= 0.3 is 0 Å². The highest BCUT2D eigenvalue weighted by atomic mass is 32.2. The zero-order valence-electron chi connectivity index (χ0n) is 16.8. The van der Waals surface area contributed by atoms with Crippen LogP contribution in [0.15, 0.2) is 47.4 Å². The molecular formula is C22H25N3O2S2. The lowest BCUT2D eigenvalue weighted by Crippen LogP contribution is -2.22. The summed E-state index contributed by atoms with van der Waals surface area (Å²) in [6.07, 6.45) is 2.39. The zero-order chi connectivity index (χ0) is 20.8. The molecule has 3 rings (SSSR count). The van der Waals surface area contributed by atoms with Crippen LogP contribution in [0.4, 0.5) is 10.8 Å². The minimum absolute atomic E-state index is 0.0193. The average Bonchev–Trinajstić information content (AvgIpc) is 3.07. The number of thiazole rings is 1. The van der Waals surface area contributed by atoms with Crippen LogP contribution in [0.25, 0.3) is 10.2 Å². The number of nitrogens with one attached hydrogen (secondary N) is 2. The number of benzene rings is 2. The first-order valence-electron chi connectivity index (χ1n) is 9.69. The van der Waals surface area contributed by atoms with Crippen molar-refractivity contribution in [2.75, 3.05) is 10.6 Å². The maximum absolute atomic E-state index is 12.6. The van der Waals surface area contributed by atoms with Crippen molar-refractivity contribution in [2.45, 2.75) is 50.2 Å². The number of fused-ring (bicyclic) bond motifs is 1. The van der Waals surface area contributed by atoms with E-state index in [0.717, 1.165) is 33.6 Å². The van der Waals surface area contributed by atoms with Gasteiger partial charge in [-0.3, -0.25) is 9.59 Å². The fourth-order valence-corrected chi connectivity index (χ4v) is 4.65. The third kappa shape index (κ3) is 6.05. The molecule has 0 saturated heterocycles. The number of aryl methyl sites for hydroxylation is 1. The number of unbranched alkanes of at least 4 members (excludes halogenated alkanes) is 1. The molecule has 152 valence electrons. The summed E-state index contributed by atoms with van der Waals surface area (Å²) < 4.78 is 1.06. The van der Waals surface area contributed by atoms with Crippen LogP contribution in [0.2, 0.25) is 0 Å². The van der Waals surface area contributed by atoms with E-state index < -0.39 is 0 Å². The molecule has 0 fully saturated rings. The Morgan fingerprint density at radius 3 is 2.79 bits per heavy atom. The number of carbonyl (C=O) groups excluding carboxylic acids is 2. The molecule has 0 saturated carbocycles. The quantitative estimate of drug-likeness (QED) is 0.442. The van der Waals surface area contributed by atoms with E-state index >= 15 is 0 Å². The van der Waals surface area contributed by atoms with Crippen molar-refractivity contribution in [1.29, 1.82) is 0 Å². The molecule has 1 unspecified atom stereocenters. The summed E-state index contributed by atoms with van der Waals surface area (Å²) in [7, 11) is 0. The number of aromatic nitrogens is 1. The minimum atomic E-state index is -0.296. The number of rotatable bonds is 8. The second kappa shape index (κ2) is 9.89. The Labute approximate surface area is 179 Å². The van der Waals surface area contributed by atoms with Crippen molar-refractivity contribution in [3.05, 3.63) is 48.0 Å². The van der Waals surface area contributed by atoms with Crippen LogP contribution in [0, 0.1) is 6.92 Å². The highest BCUT2D eigenvalue weighted by Gasteiger charge is 2.17. The SMILES string of the molecule is CCCCC(=O)Nc1cccc(SC(C)C(=O)Nc2nc3ccc(C)cc3s2)c1. The number of nitrogens with zero attached hydrogens (tertiary/aromatic N) is 1. The smallest absolute Gasteiger partial charge is 0.239 e. The van der Waals surface area contributed by atoms with E-state index in [-0.39, 0.29) is 17.1 Å². The molecule has 0 bridgehead atoms. The first kappa shape index (κ1) is 21.3. The number of amides is 2. The summed E-state index contributed by atoms with van der Waals surface area (Å²) in [4.78, 5) is 29.9. The van der Waals surface area contributed by atoms with Crippen LogP contribution in [-0.4, -0.2) is 22.0 Å². The van der Waals surface area contributed by atoms with Gasteiger partial charge in [0.2, 0.25) is 11.8 Å². The van der Waals surface area contributed by atoms with Gasteiger partial charge in [0, 0.05) is 17.0 Å². The van der Waals surface area contributed by atoms with Gasteiger partial charge in [0.05, 0.1) is 15.5 Å². The predicted molar refractivity (Wildman–Crippen MR) is 123 cm³/mol. The van der Waals surface area contributed by atoms with Gasteiger partial charge in [-0.05, 0) is 56.2 Å². The Balaban J connectivity index is 1.60. The van der Waals surface area contributed by atoms with E-state index in [0.29, 0.717) is 11.6 Å². The van der Waals surface area contributed by atoms with E-state index in [2.05, 4.69) is 28.6 Å². The lowest BCUT2D eigenvalue weighted by molar-refractivity contribution is -0.116. The van der Waals surface area contributed by atoms with Crippen LogP contribution >= 0.6 is 23.1 Å². The second-order valence-corrected chi connectivity index (χ2v) is 9.36. The largest absolute Gasteiger partial charge is 0.326 e. The minimum Gasteiger partial charge on any atom is -0.326 e. The number of hydrogen-bond donors (Lipinski definition) is 2. The third-order valence-electron chi connectivity index (χ3n) is 4.33. The first-order valence-corrected chi connectivity index (χ1v) is 11.4. The molecule has 5 nitrogen and oxygen atoms in total. The molecule has 2 N–H and O–H groups in total. The second-order valence-electron chi connectivity index (χ2n) is 6.92. The van der Waals surface area contributed by atoms with Gasteiger partial charge in [-0.1, -0.05) is 36.8 Å².